The predicted molar refractivity (Wildman–Crippen MR) is 226 cm³/mol. The molecule has 6 rings (SSSR count). The fourth-order valence-corrected chi connectivity index (χ4v) is 8.11. The first kappa shape index (κ1) is 43.8. The number of fused-ring (bicyclic) bond motifs is 1. The normalized spacial score (nSPS) is 20.1. The highest BCUT2D eigenvalue weighted by atomic mass is 32.2. The van der Waals surface area contributed by atoms with Gasteiger partial charge >= 0.3 is 6.09 Å². The summed E-state index contributed by atoms with van der Waals surface area (Å²) in [6.45, 7) is 11.5. The highest BCUT2D eigenvalue weighted by Crippen LogP contribution is 2.45. The molecule has 2 aliphatic rings. The van der Waals surface area contributed by atoms with Gasteiger partial charge in [-0.3, -0.25) is 19.2 Å². The van der Waals surface area contributed by atoms with E-state index >= 15 is 0 Å². The van der Waals surface area contributed by atoms with Crippen LogP contribution in [0.15, 0.2) is 115 Å². The zero-order valence-corrected chi connectivity index (χ0v) is 35.0. The van der Waals surface area contributed by atoms with Crippen molar-refractivity contribution < 1.29 is 46.6 Å². The van der Waals surface area contributed by atoms with Gasteiger partial charge in [0.25, 0.3) is 15.9 Å². The number of likely N-dealkylation sites (tertiary alicyclic amines) is 1. The minimum Gasteiger partial charge on any atom is -0.497 e. The molecule has 4 aromatic rings. The molecule has 3 aromatic carbocycles. The number of carbonyl (C=O) groups is 5. The molecule has 1 aliphatic heterocycles. The second-order valence-electron chi connectivity index (χ2n) is 15.6. The number of alkyl carbamates (subject to hydrolysis) is 1. The maximum atomic E-state index is 14.6. The third-order valence-electron chi connectivity index (χ3n) is 10.2. The Kier molecular flexibility index (Phi) is 12.8. The Morgan fingerprint density at radius 3 is 2.30 bits per heavy atom. The Bertz CT molecular complexity index is 2460. The molecule has 2 fully saturated rings. The van der Waals surface area contributed by atoms with Crippen molar-refractivity contribution in [3.8, 4) is 22.8 Å². The van der Waals surface area contributed by atoms with Gasteiger partial charge in [0.1, 0.15) is 40.8 Å². The number of hydrogen-bond donors (Lipinski definition) is 4. The number of hydrogen-bond acceptors (Lipinski definition) is 11. The molecule has 17 heteroatoms. The van der Waals surface area contributed by atoms with Crippen molar-refractivity contribution in [2.45, 2.75) is 67.8 Å². The van der Waals surface area contributed by atoms with Crippen LogP contribution in [0.1, 0.15) is 33.6 Å². The van der Waals surface area contributed by atoms with Crippen LogP contribution < -0.4 is 30.1 Å². The lowest BCUT2D eigenvalue weighted by molar-refractivity contribution is -0.141. The Morgan fingerprint density at radius 2 is 1.67 bits per heavy atom. The number of methoxy groups -OCH3 is 1. The molecule has 0 bridgehead atoms. The number of carbonyl (C=O) groups excluding carboxylic acids is 5. The molecule has 16 nitrogen and oxygen atoms in total. The minimum absolute atomic E-state index is 0.0319. The van der Waals surface area contributed by atoms with Crippen LogP contribution in [-0.2, 0) is 33.9 Å². The van der Waals surface area contributed by atoms with Crippen molar-refractivity contribution in [3.05, 3.63) is 110 Å². The molecule has 5 amide bonds. The predicted octanol–water partition coefficient (Wildman–Crippen LogP) is 4.02. The van der Waals surface area contributed by atoms with Gasteiger partial charge in [-0.1, -0.05) is 61.2 Å². The largest absolute Gasteiger partial charge is 0.497 e. The molecule has 5 atom stereocenters. The topological polar surface area (TPSA) is 211 Å². The molecule has 320 valence electrons. The second kappa shape index (κ2) is 17.8. The van der Waals surface area contributed by atoms with Crippen molar-refractivity contribution in [2.75, 3.05) is 20.2 Å². The lowest BCUT2D eigenvalue weighted by Gasteiger charge is -2.30. The summed E-state index contributed by atoms with van der Waals surface area (Å²) in [6, 6.07) is 21.0. The van der Waals surface area contributed by atoms with E-state index in [1.165, 1.54) is 42.4 Å². The van der Waals surface area contributed by atoms with Gasteiger partial charge in [0.2, 0.25) is 17.7 Å². The smallest absolute Gasteiger partial charge is 0.408 e. The van der Waals surface area contributed by atoms with Crippen LogP contribution >= 0.6 is 0 Å². The highest BCUT2D eigenvalue weighted by Gasteiger charge is 2.61. The standard InChI is InChI=1S/C44H48N6O10S/c1-7-28-24-44(28,41(54)49-61(56,57)31-17-13-10-14-18-31)48-39(52)36-22-30(26-50(36)40(53)35(25-45-38(51)8-2)47-42(55)60-43(3,4)5)59-37-23-33(27-15-11-9-12-16-27)46-34-21-29(58-6)19-20-32(34)37/h7-21,23,28,30,35-36H,1-2,22,24-26H2,3-6H3,(H,45,51)(H,47,55)(H,48,52)(H,49,54)/t28-,30+,35-,36-,44-/m1/s1. The SMILES string of the molecule is C=CC(=O)NC[C@@H](NC(=O)OC(C)(C)C)C(=O)N1C[C@@H](Oc2cc(-c3ccccc3)nc3cc(OC)ccc23)C[C@@H]1C(=O)N[C@]1(C(=O)NS(=O)(=O)c2ccccc2)C[C@H]1C=C. The quantitative estimate of drug-likeness (QED) is 0.0991. The van der Waals surface area contributed by atoms with Crippen molar-refractivity contribution >= 4 is 50.6 Å². The lowest BCUT2D eigenvalue weighted by atomic mass is 10.1. The first-order valence-corrected chi connectivity index (χ1v) is 20.9. The number of benzene rings is 3. The number of sulfonamides is 1. The van der Waals surface area contributed by atoms with Gasteiger partial charge in [0.15, 0.2) is 0 Å². The molecule has 4 N–H and O–H groups in total. The molecule has 1 aliphatic carbocycles. The van der Waals surface area contributed by atoms with Crippen molar-refractivity contribution in [2.24, 2.45) is 5.92 Å². The zero-order chi connectivity index (χ0) is 44.1. The first-order chi connectivity index (χ1) is 29.0. The first-order valence-electron chi connectivity index (χ1n) is 19.4. The van der Waals surface area contributed by atoms with Crippen molar-refractivity contribution in [1.29, 1.82) is 0 Å². The van der Waals surface area contributed by atoms with Crippen LogP contribution in [0.2, 0.25) is 0 Å². The Labute approximate surface area is 353 Å². The van der Waals surface area contributed by atoms with E-state index in [2.05, 4.69) is 33.8 Å². The van der Waals surface area contributed by atoms with Crippen LogP contribution in [0.3, 0.4) is 0 Å². The van der Waals surface area contributed by atoms with E-state index < -0.39 is 81.5 Å². The molecule has 1 aromatic heterocycles. The van der Waals surface area contributed by atoms with E-state index in [0.29, 0.717) is 28.1 Å². The van der Waals surface area contributed by atoms with E-state index in [1.807, 2.05) is 30.3 Å². The lowest BCUT2D eigenvalue weighted by Crippen LogP contribution is -2.59. The zero-order valence-electron chi connectivity index (χ0n) is 34.2. The molecule has 0 radical (unpaired) electrons. The van der Waals surface area contributed by atoms with Gasteiger partial charge in [0.05, 0.1) is 29.8 Å². The summed E-state index contributed by atoms with van der Waals surface area (Å²) in [6.07, 6.45) is 0.561. The van der Waals surface area contributed by atoms with Crippen molar-refractivity contribution in [3.63, 3.8) is 0 Å². The third-order valence-corrected chi connectivity index (χ3v) is 11.5. The second-order valence-corrected chi connectivity index (χ2v) is 17.3. The monoisotopic (exact) mass is 852 g/mol. The maximum absolute atomic E-state index is 14.6. The molecule has 61 heavy (non-hydrogen) atoms. The van der Waals surface area contributed by atoms with Gasteiger partial charge in [-0.2, -0.15) is 0 Å². The minimum atomic E-state index is -4.33. The van der Waals surface area contributed by atoms with Crippen LogP contribution in [-0.4, -0.2) is 97.6 Å². The molecule has 0 spiro atoms. The van der Waals surface area contributed by atoms with Crippen LogP contribution in [0.25, 0.3) is 22.2 Å². The number of pyridine rings is 1. The summed E-state index contributed by atoms with van der Waals surface area (Å²) >= 11 is 0. The third kappa shape index (κ3) is 10.2. The average molecular weight is 853 g/mol. The fraction of sp³-hybridized carbons (Fsp3) is 0.318. The van der Waals surface area contributed by atoms with Gasteiger partial charge in [0, 0.05) is 42.0 Å². The van der Waals surface area contributed by atoms with Crippen molar-refractivity contribution in [1.82, 2.24) is 30.6 Å². The van der Waals surface area contributed by atoms with E-state index in [1.54, 1.807) is 51.1 Å². The molecule has 1 saturated heterocycles. The number of ether oxygens (including phenoxy) is 3. The molecule has 2 heterocycles. The van der Waals surface area contributed by atoms with Gasteiger partial charge in [-0.05, 0) is 57.5 Å². The summed E-state index contributed by atoms with van der Waals surface area (Å²) in [5.74, 6) is -2.88. The van der Waals surface area contributed by atoms with Gasteiger partial charge in [-0.25, -0.2) is 22.9 Å². The summed E-state index contributed by atoms with van der Waals surface area (Å²) in [4.78, 5) is 74.2. The van der Waals surface area contributed by atoms with E-state index in [-0.39, 0.29) is 24.3 Å². The average Bonchev–Trinajstić information content (AvgIpc) is 3.80. The number of rotatable bonds is 15. The van der Waals surface area contributed by atoms with E-state index in [4.69, 9.17) is 19.2 Å². The van der Waals surface area contributed by atoms with Gasteiger partial charge in [-0.15, -0.1) is 6.58 Å². The Morgan fingerprint density at radius 1 is 0.984 bits per heavy atom. The number of aromatic nitrogens is 1. The molecular weight excluding hydrogens is 805 g/mol. The van der Waals surface area contributed by atoms with Crippen LogP contribution in [0.4, 0.5) is 4.79 Å². The fourth-order valence-electron chi connectivity index (χ4n) is 7.05. The molecule has 1 saturated carbocycles. The number of amides is 5. The Balaban J connectivity index is 1.35. The number of nitrogens with zero attached hydrogens (tertiary/aromatic N) is 2. The van der Waals surface area contributed by atoms with E-state index in [0.717, 1.165) is 11.6 Å². The summed E-state index contributed by atoms with van der Waals surface area (Å²) < 4.78 is 46.0. The highest BCUT2D eigenvalue weighted by molar-refractivity contribution is 7.90. The van der Waals surface area contributed by atoms with Gasteiger partial charge < -0.3 is 35.1 Å². The molecular formula is C44H48N6O10S. The Hall–Kier alpha value is -6.75. The van der Waals surface area contributed by atoms with E-state index in [9.17, 15) is 32.4 Å². The van der Waals surface area contributed by atoms with Crippen LogP contribution in [0, 0.1) is 5.92 Å². The number of nitrogens with one attached hydrogen (secondary N) is 4. The molecule has 0 unspecified atom stereocenters. The summed E-state index contributed by atoms with van der Waals surface area (Å²) in [5, 5.41) is 8.39. The van der Waals surface area contributed by atoms with Crippen LogP contribution in [0.5, 0.6) is 11.5 Å². The summed E-state index contributed by atoms with van der Waals surface area (Å²) in [7, 11) is -2.79. The summed E-state index contributed by atoms with van der Waals surface area (Å²) in [5.41, 5.74) is -0.723. The maximum Gasteiger partial charge on any atom is 0.408 e.